The second kappa shape index (κ2) is 13.2. The van der Waals surface area contributed by atoms with E-state index in [1.54, 1.807) is 13.8 Å². The summed E-state index contributed by atoms with van der Waals surface area (Å²) in [6, 6.07) is -1.48. The van der Waals surface area contributed by atoms with Crippen molar-refractivity contribution < 1.29 is 32.6 Å². The van der Waals surface area contributed by atoms with Gasteiger partial charge in [0.2, 0.25) is 0 Å². The number of halogens is 5. The fraction of sp³-hybridized carbons (Fsp3) is 0.677. The second-order valence-electron chi connectivity index (χ2n) is 12.7. The zero-order chi connectivity index (χ0) is 31.8. The molecule has 1 N–H and O–H groups in total. The molecule has 242 valence electrons. The maximum atomic E-state index is 14.7. The van der Waals surface area contributed by atoms with Gasteiger partial charge in [0.1, 0.15) is 6.10 Å². The van der Waals surface area contributed by atoms with Crippen LogP contribution in [-0.4, -0.2) is 55.8 Å². The zero-order valence-corrected chi connectivity index (χ0v) is 26.5. The Morgan fingerprint density at radius 2 is 1.70 bits per heavy atom. The van der Waals surface area contributed by atoms with Crippen LogP contribution in [-0.2, 0) is 15.7 Å². The van der Waals surface area contributed by atoms with Crippen LogP contribution in [0, 0.1) is 17.3 Å². The Kier molecular flexibility index (Phi) is 9.87. The van der Waals surface area contributed by atoms with Crippen molar-refractivity contribution in [2.75, 3.05) is 13.2 Å². The molecule has 3 fully saturated rings. The molecule has 3 aliphatic rings. The van der Waals surface area contributed by atoms with Crippen LogP contribution >= 0.6 is 23.2 Å². The number of ether oxygens (including phenoxy) is 1. The van der Waals surface area contributed by atoms with Gasteiger partial charge in [-0.15, -0.1) is 0 Å². The summed E-state index contributed by atoms with van der Waals surface area (Å²) < 4.78 is 50.3. The number of esters is 1. The highest BCUT2D eigenvalue weighted by Gasteiger charge is 2.49. The Labute approximate surface area is 265 Å². The average Bonchev–Trinajstić information content (AvgIpc) is 3.64. The SMILES string of the molecule is CCOC(=O)C1(C)CCC(n2ncc(C(=O)N3C[C@H](C4CCCCC4)C[C@H]3[C@@H](O)c3c(Cl)cncc3Cl)c2C(F)(F)F)CC1. The Morgan fingerprint density at radius 1 is 1.07 bits per heavy atom. The molecule has 3 atom stereocenters. The first-order valence-corrected chi connectivity index (χ1v) is 16.2. The minimum atomic E-state index is -4.86. The number of amides is 1. The number of rotatable bonds is 7. The number of carbonyl (C=O) groups is 2. The number of aliphatic hydroxyl groups excluding tert-OH is 1. The number of pyridine rings is 1. The van der Waals surface area contributed by atoms with Crippen molar-refractivity contribution in [2.24, 2.45) is 17.3 Å². The Balaban J connectivity index is 1.46. The van der Waals surface area contributed by atoms with Gasteiger partial charge in [0.25, 0.3) is 5.91 Å². The van der Waals surface area contributed by atoms with Gasteiger partial charge in [0, 0.05) is 24.5 Å². The maximum Gasteiger partial charge on any atom is 0.433 e. The van der Waals surface area contributed by atoms with E-state index < -0.39 is 46.9 Å². The predicted molar refractivity (Wildman–Crippen MR) is 158 cm³/mol. The van der Waals surface area contributed by atoms with Gasteiger partial charge in [-0.25, -0.2) is 0 Å². The summed E-state index contributed by atoms with van der Waals surface area (Å²) in [5.41, 5.74) is -2.24. The number of nitrogens with zero attached hydrogens (tertiary/aromatic N) is 4. The molecule has 0 bridgehead atoms. The second-order valence-corrected chi connectivity index (χ2v) is 13.6. The monoisotopic (exact) mass is 658 g/mol. The lowest BCUT2D eigenvalue weighted by molar-refractivity contribution is -0.157. The molecule has 1 amide bonds. The summed E-state index contributed by atoms with van der Waals surface area (Å²) in [4.78, 5) is 31.9. The maximum absolute atomic E-state index is 14.7. The van der Waals surface area contributed by atoms with E-state index in [2.05, 4.69) is 10.1 Å². The van der Waals surface area contributed by atoms with Crippen LogP contribution in [0.25, 0.3) is 0 Å². The third-order valence-corrected chi connectivity index (χ3v) is 10.6. The number of hydrogen-bond acceptors (Lipinski definition) is 6. The molecule has 2 aliphatic carbocycles. The minimum Gasteiger partial charge on any atom is -0.466 e. The predicted octanol–water partition coefficient (Wildman–Crippen LogP) is 7.43. The van der Waals surface area contributed by atoms with Crippen molar-refractivity contribution in [3.8, 4) is 0 Å². The van der Waals surface area contributed by atoms with E-state index in [1.807, 2.05) is 0 Å². The normalized spacial score (nSPS) is 27.4. The highest BCUT2D eigenvalue weighted by atomic mass is 35.5. The molecule has 2 aromatic heterocycles. The number of aromatic nitrogens is 3. The molecule has 2 aromatic rings. The molecular formula is C31H39Cl2F3N4O4. The van der Waals surface area contributed by atoms with Crippen molar-refractivity contribution in [3.05, 3.63) is 45.5 Å². The van der Waals surface area contributed by atoms with E-state index in [-0.39, 0.29) is 53.5 Å². The number of carbonyl (C=O) groups excluding carboxylic acids is 2. The molecule has 44 heavy (non-hydrogen) atoms. The van der Waals surface area contributed by atoms with Crippen LogP contribution in [0.3, 0.4) is 0 Å². The van der Waals surface area contributed by atoms with Gasteiger partial charge >= 0.3 is 12.1 Å². The van der Waals surface area contributed by atoms with Crippen LogP contribution in [0.4, 0.5) is 13.2 Å². The Morgan fingerprint density at radius 3 is 2.30 bits per heavy atom. The molecule has 0 unspecified atom stereocenters. The molecule has 13 heteroatoms. The molecule has 0 spiro atoms. The van der Waals surface area contributed by atoms with Gasteiger partial charge in [-0.05, 0) is 57.8 Å². The van der Waals surface area contributed by atoms with E-state index in [1.165, 1.54) is 17.3 Å². The highest BCUT2D eigenvalue weighted by Crippen LogP contribution is 2.46. The summed E-state index contributed by atoms with van der Waals surface area (Å²) in [7, 11) is 0. The number of alkyl halides is 3. The summed E-state index contributed by atoms with van der Waals surface area (Å²) in [5, 5.41) is 15.9. The van der Waals surface area contributed by atoms with Gasteiger partial charge in [0.05, 0.1) is 45.9 Å². The van der Waals surface area contributed by atoms with E-state index in [0.717, 1.165) is 43.0 Å². The quantitative estimate of drug-likeness (QED) is 0.311. The third-order valence-electron chi connectivity index (χ3n) is 9.97. The first-order chi connectivity index (χ1) is 20.9. The molecule has 0 radical (unpaired) electrons. The lowest BCUT2D eigenvalue weighted by Crippen LogP contribution is -2.40. The molecule has 0 aromatic carbocycles. The summed E-state index contributed by atoms with van der Waals surface area (Å²) in [6.07, 6.45) is 4.36. The lowest BCUT2D eigenvalue weighted by Gasteiger charge is -2.36. The molecule has 8 nitrogen and oxygen atoms in total. The van der Waals surface area contributed by atoms with E-state index >= 15 is 0 Å². The van der Waals surface area contributed by atoms with Gasteiger partial charge in [0.15, 0.2) is 5.69 Å². The van der Waals surface area contributed by atoms with Crippen LogP contribution in [0.5, 0.6) is 0 Å². The Hall–Kier alpha value is -2.37. The molecule has 2 saturated carbocycles. The van der Waals surface area contributed by atoms with Crippen molar-refractivity contribution in [1.82, 2.24) is 19.7 Å². The van der Waals surface area contributed by atoms with E-state index in [9.17, 15) is 27.9 Å². The number of hydrogen-bond donors (Lipinski definition) is 1. The third kappa shape index (κ3) is 6.47. The van der Waals surface area contributed by atoms with Crippen molar-refractivity contribution in [3.63, 3.8) is 0 Å². The van der Waals surface area contributed by atoms with E-state index in [0.29, 0.717) is 25.2 Å². The first kappa shape index (κ1) is 33.0. The largest absolute Gasteiger partial charge is 0.466 e. The van der Waals surface area contributed by atoms with Crippen LogP contribution in [0.2, 0.25) is 10.0 Å². The van der Waals surface area contributed by atoms with Gasteiger partial charge in [-0.1, -0.05) is 55.3 Å². The van der Waals surface area contributed by atoms with Crippen molar-refractivity contribution in [1.29, 1.82) is 0 Å². The summed E-state index contributed by atoms with van der Waals surface area (Å²) >= 11 is 12.7. The number of aliphatic hydroxyl groups is 1. The van der Waals surface area contributed by atoms with Gasteiger partial charge in [-0.2, -0.15) is 18.3 Å². The average molecular weight is 660 g/mol. The molecular weight excluding hydrogens is 620 g/mol. The molecule has 1 saturated heterocycles. The molecule has 3 heterocycles. The Bertz CT molecular complexity index is 1340. The first-order valence-electron chi connectivity index (χ1n) is 15.5. The van der Waals surface area contributed by atoms with E-state index in [4.69, 9.17) is 27.9 Å². The van der Waals surface area contributed by atoms with Crippen LogP contribution in [0.15, 0.2) is 18.6 Å². The fourth-order valence-corrected chi connectivity index (χ4v) is 8.09. The minimum absolute atomic E-state index is 0.0153. The van der Waals surface area contributed by atoms with Crippen LogP contribution in [0.1, 0.15) is 112 Å². The highest BCUT2D eigenvalue weighted by molar-refractivity contribution is 6.35. The summed E-state index contributed by atoms with van der Waals surface area (Å²) in [5.74, 6) is -0.868. The molecule has 1 aliphatic heterocycles. The zero-order valence-electron chi connectivity index (χ0n) is 25.0. The van der Waals surface area contributed by atoms with Gasteiger partial charge < -0.3 is 14.7 Å². The summed E-state index contributed by atoms with van der Waals surface area (Å²) in [6.45, 7) is 3.93. The number of likely N-dealkylation sites (tertiary alicyclic amines) is 1. The smallest absolute Gasteiger partial charge is 0.433 e. The van der Waals surface area contributed by atoms with Crippen LogP contribution < -0.4 is 0 Å². The topological polar surface area (TPSA) is 97.6 Å². The fourth-order valence-electron chi connectivity index (χ4n) is 7.50. The standard InChI is InChI=1S/C31H39Cl2F3N4O4/c1-3-44-29(43)30(2)11-9-20(10-12-30)40-27(31(34,35)36)21(14-38-40)28(42)39-17-19(18-7-5-4-6-8-18)13-24(39)26(41)25-22(32)15-37-16-23(25)33/h14-16,18-20,24,26,41H,3-13,17H2,1-2H3/t19-,20?,24+,26-,30?/m1/s1. The van der Waals surface area contributed by atoms with Crippen molar-refractivity contribution >= 4 is 35.1 Å². The molecule has 5 rings (SSSR count). The lowest BCUT2D eigenvalue weighted by atomic mass is 9.74. The van der Waals surface area contributed by atoms with Crippen molar-refractivity contribution in [2.45, 2.75) is 102 Å². The van der Waals surface area contributed by atoms with Gasteiger partial charge in [-0.3, -0.25) is 19.3 Å².